The Balaban J connectivity index is 2.07. The normalized spacial score (nSPS) is 21.5. The molecule has 0 bridgehead atoms. The van der Waals surface area contributed by atoms with Crippen LogP contribution >= 0.6 is 0 Å². The van der Waals surface area contributed by atoms with Crippen LogP contribution in [0.3, 0.4) is 0 Å². The van der Waals surface area contributed by atoms with Gasteiger partial charge in [-0.05, 0) is 25.3 Å². The second kappa shape index (κ2) is 4.71. The number of carbonyl (C=O) groups is 1. The van der Waals surface area contributed by atoms with Gasteiger partial charge in [-0.25, -0.2) is 4.79 Å². The lowest BCUT2D eigenvalue weighted by atomic mass is 10.0. The van der Waals surface area contributed by atoms with Gasteiger partial charge in [0.1, 0.15) is 6.26 Å². The Bertz CT molecular complexity index is 447. The molecule has 5 nitrogen and oxygen atoms in total. The van der Waals surface area contributed by atoms with Crippen molar-refractivity contribution in [3.63, 3.8) is 0 Å². The summed E-state index contributed by atoms with van der Waals surface area (Å²) in [5.41, 5.74) is 5.79. The third-order valence-electron chi connectivity index (χ3n) is 3.20. The predicted molar refractivity (Wildman–Crippen MR) is 62.6 cm³/mol. The van der Waals surface area contributed by atoms with Gasteiger partial charge in [0.15, 0.2) is 0 Å². The molecule has 0 spiro atoms. The maximum Gasteiger partial charge on any atom is 0.335 e. The fraction of sp³-hybridized carbons (Fsp3) is 0.500. The van der Waals surface area contributed by atoms with Crippen LogP contribution in [-0.2, 0) is 0 Å². The molecule has 2 heterocycles. The average Bonchev–Trinajstić information content (AvgIpc) is 2.78. The Kier molecular flexibility index (Phi) is 3.28. The predicted octanol–water partition coefficient (Wildman–Crippen LogP) is 0.449. The molecule has 1 amide bonds. The highest BCUT2D eigenvalue weighted by atomic mass is 16.4. The molecule has 1 fully saturated rings. The van der Waals surface area contributed by atoms with E-state index in [1.54, 1.807) is 4.90 Å². The van der Waals surface area contributed by atoms with Crippen LogP contribution in [0.5, 0.6) is 0 Å². The van der Waals surface area contributed by atoms with E-state index in [-0.39, 0.29) is 11.9 Å². The number of nitrogens with zero attached hydrogens (tertiary/aromatic N) is 1. The van der Waals surface area contributed by atoms with Gasteiger partial charge in [0, 0.05) is 25.2 Å². The van der Waals surface area contributed by atoms with Gasteiger partial charge >= 0.3 is 5.63 Å². The van der Waals surface area contributed by atoms with Crippen molar-refractivity contribution in [1.82, 2.24) is 4.90 Å². The molecule has 1 aliphatic heterocycles. The van der Waals surface area contributed by atoms with Gasteiger partial charge < -0.3 is 15.1 Å². The minimum absolute atomic E-state index is 0.0986. The van der Waals surface area contributed by atoms with E-state index in [0.717, 1.165) is 6.42 Å². The molecule has 0 aliphatic carbocycles. The molecule has 0 saturated carbocycles. The van der Waals surface area contributed by atoms with Crippen molar-refractivity contribution >= 4 is 5.91 Å². The largest absolute Gasteiger partial charge is 0.430 e. The molecule has 1 aromatic heterocycles. The van der Waals surface area contributed by atoms with Gasteiger partial charge in [0.05, 0.1) is 5.56 Å². The van der Waals surface area contributed by atoms with Crippen molar-refractivity contribution in [3.05, 3.63) is 34.4 Å². The van der Waals surface area contributed by atoms with Crippen LogP contribution in [0.2, 0.25) is 0 Å². The molecular formula is C12H16N2O3. The van der Waals surface area contributed by atoms with Crippen molar-refractivity contribution < 1.29 is 9.21 Å². The third kappa shape index (κ3) is 2.55. The van der Waals surface area contributed by atoms with Crippen LogP contribution < -0.4 is 11.4 Å². The third-order valence-corrected chi connectivity index (χ3v) is 3.20. The molecule has 92 valence electrons. The lowest BCUT2D eigenvalue weighted by Gasteiger charge is -2.17. The van der Waals surface area contributed by atoms with Crippen LogP contribution in [0.25, 0.3) is 0 Å². The number of nitrogens with two attached hydrogens (primary N) is 1. The van der Waals surface area contributed by atoms with E-state index in [0.29, 0.717) is 24.6 Å². The fourth-order valence-corrected chi connectivity index (χ4v) is 2.06. The lowest BCUT2D eigenvalue weighted by molar-refractivity contribution is 0.0783. The molecule has 5 heteroatoms. The minimum atomic E-state index is -0.448. The van der Waals surface area contributed by atoms with E-state index in [9.17, 15) is 9.59 Å². The summed E-state index contributed by atoms with van der Waals surface area (Å²) in [5, 5.41) is 0. The van der Waals surface area contributed by atoms with E-state index in [4.69, 9.17) is 5.73 Å². The summed E-state index contributed by atoms with van der Waals surface area (Å²) in [6.07, 6.45) is 2.14. The summed E-state index contributed by atoms with van der Waals surface area (Å²) in [6, 6.07) is 2.85. The number of carbonyl (C=O) groups excluding carboxylic acids is 1. The van der Waals surface area contributed by atoms with Crippen molar-refractivity contribution in [3.8, 4) is 0 Å². The van der Waals surface area contributed by atoms with Crippen molar-refractivity contribution in [2.75, 3.05) is 13.1 Å². The number of hydrogen-bond donors (Lipinski definition) is 1. The molecule has 2 rings (SSSR count). The highest BCUT2D eigenvalue weighted by molar-refractivity contribution is 5.93. The molecule has 1 aliphatic rings. The monoisotopic (exact) mass is 236 g/mol. The topological polar surface area (TPSA) is 76.5 Å². The van der Waals surface area contributed by atoms with E-state index in [1.807, 2.05) is 6.92 Å². The number of amides is 1. The van der Waals surface area contributed by atoms with Crippen LogP contribution in [0.4, 0.5) is 0 Å². The molecule has 2 unspecified atom stereocenters. The Hall–Kier alpha value is -1.62. The molecular weight excluding hydrogens is 220 g/mol. The smallest absolute Gasteiger partial charge is 0.335 e. The summed E-state index contributed by atoms with van der Waals surface area (Å²) in [5.74, 6) is 0.256. The first-order valence-electron chi connectivity index (χ1n) is 5.71. The highest BCUT2D eigenvalue weighted by Crippen LogP contribution is 2.20. The van der Waals surface area contributed by atoms with Gasteiger partial charge in [0.25, 0.3) is 5.91 Å². The van der Waals surface area contributed by atoms with Crippen LogP contribution in [0.1, 0.15) is 23.7 Å². The second-order valence-electron chi connectivity index (χ2n) is 4.50. The first kappa shape index (κ1) is 11.9. The zero-order chi connectivity index (χ0) is 12.4. The second-order valence-corrected chi connectivity index (χ2v) is 4.50. The zero-order valence-electron chi connectivity index (χ0n) is 9.76. The summed E-state index contributed by atoms with van der Waals surface area (Å²) >= 11 is 0. The minimum Gasteiger partial charge on any atom is -0.430 e. The van der Waals surface area contributed by atoms with Crippen molar-refractivity contribution in [1.29, 1.82) is 0 Å². The molecule has 1 aromatic rings. The molecule has 0 aromatic carbocycles. The molecule has 17 heavy (non-hydrogen) atoms. The number of likely N-dealkylation sites (tertiary alicyclic amines) is 1. The summed E-state index contributed by atoms with van der Waals surface area (Å²) in [6.45, 7) is 3.35. The van der Waals surface area contributed by atoms with Crippen LogP contribution in [0.15, 0.2) is 27.6 Å². The number of hydrogen-bond acceptors (Lipinski definition) is 4. The van der Waals surface area contributed by atoms with Gasteiger partial charge in [-0.3, -0.25) is 4.79 Å². The van der Waals surface area contributed by atoms with Gasteiger partial charge in [-0.1, -0.05) is 0 Å². The molecule has 2 atom stereocenters. The average molecular weight is 236 g/mol. The van der Waals surface area contributed by atoms with Crippen molar-refractivity contribution in [2.24, 2.45) is 11.7 Å². The fourth-order valence-electron chi connectivity index (χ4n) is 2.06. The zero-order valence-corrected chi connectivity index (χ0v) is 9.76. The van der Waals surface area contributed by atoms with Gasteiger partial charge in [-0.2, -0.15) is 0 Å². The van der Waals surface area contributed by atoms with E-state index in [1.165, 1.54) is 18.4 Å². The molecule has 1 saturated heterocycles. The van der Waals surface area contributed by atoms with Crippen LogP contribution in [0, 0.1) is 5.92 Å². The Morgan fingerprint density at radius 3 is 2.88 bits per heavy atom. The Morgan fingerprint density at radius 2 is 2.35 bits per heavy atom. The maximum absolute atomic E-state index is 12.0. The van der Waals surface area contributed by atoms with Crippen molar-refractivity contribution in [2.45, 2.75) is 19.4 Å². The highest BCUT2D eigenvalue weighted by Gasteiger charge is 2.29. The first-order valence-corrected chi connectivity index (χ1v) is 5.71. The molecule has 2 N–H and O–H groups in total. The lowest BCUT2D eigenvalue weighted by Crippen LogP contribution is -2.33. The quantitative estimate of drug-likeness (QED) is 0.808. The Morgan fingerprint density at radius 1 is 1.59 bits per heavy atom. The van der Waals surface area contributed by atoms with E-state index >= 15 is 0 Å². The summed E-state index contributed by atoms with van der Waals surface area (Å²) in [7, 11) is 0. The standard InChI is InChI=1S/C12H16N2O3/c1-8(13)9-4-5-14(6-9)12(16)10-2-3-11(15)17-7-10/h2-3,7-9H,4-6,13H2,1H3. The van der Waals surface area contributed by atoms with E-state index < -0.39 is 5.63 Å². The van der Waals surface area contributed by atoms with Gasteiger partial charge in [-0.15, -0.1) is 0 Å². The van der Waals surface area contributed by atoms with E-state index in [2.05, 4.69) is 4.42 Å². The van der Waals surface area contributed by atoms with Crippen LogP contribution in [-0.4, -0.2) is 29.9 Å². The number of rotatable bonds is 2. The Labute approximate surface area is 99.2 Å². The summed E-state index contributed by atoms with van der Waals surface area (Å²) < 4.78 is 4.69. The van der Waals surface area contributed by atoms with Gasteiger partial charge in [0.2, 0.25) is 0 Å². The SMILES string of the molecule is CC(N)C1CCN(C(=O)c2ccc(=O)oc2)C1. The molecule has 0 radical (unpaired) electrons. The maximum atomic E-state index is 12.0. The summed E-state index contributed by atoms with van der Waals surface area (Å²) in [4.78, 5) is 24.6. The first-order chi connectivity index (χ1) is 8.08.